The monoisotopic (exact) mass is 238 g/mol. The van der Waals surface area contributed by atoms with Crippen molar-refractivity contribution in [3.8, 4) is 0 Å². The highest BCUT2D eigenvalue weighted by atomic mass is 32.3. The van der Waals surface area contributed by atoms with E-state index in [1.807, 2.05) is 0 Å². The molecule has 0 aromatic heterocycles. The van der Waals surface area contributed by atoms with Gasteiger partial charge in [-0.1, -0.05) is 0 Å². The second-order valence-corrected chi connectivity index (χ2v) is 6.03. The first-order valence-corrected chi connectivity index (χ1v) is 5.96. The maximum Gasteiger partial charge on any atom is 0.397 e. The molecule has 7 heteroatoms. The van der Waals surface area contributed by atoms with Crippen LogP contribution in [0, 0.1) is 0 Å². The molecule has 0 amide bonds. The largest absolute Gasteiger partial charge is 0.397 e. The van der Waals surface area contributed by atoms with E-state index >= 15 is 0 Å². The summed E-state index contributed by atoms with van der Waals surface area (Å²) in [7, 11) is -4.52. The molecule has 1 radical (unpaired) electrons. The Labute approximate surface area is 89.7 Å². The van der Waals surface area contributed by atoms with E-state index in [0.29, 0.717) is 0 Å². The predicted octanol–water partition coefficient (Wildman–Crippen LogP) is 0.783. The van der Waals surface area contributed by atoms with Gasteiger partial charge in [-0.15, -0.1) is 10.3 Å². The second kappa shape index (κ2) is 3.39. The quantitative estimate of drug-likeness (QED) is 0.718. The molecule has 1 rings (SSSR count). The summed E-state index contributed by atoms with van der Waals surface area (Å²) in [5, 5.41) is 12.6. The molecule has 1 fully saturated rings. The Bertz CT molecular complexity index is 348. The third-order valence-electron chi connectivity index (χ3n) is 2.78. The minimum Gasteiger partial charge on any atom is -0.264 e. The molecule has 0 aliphatic carbocycles. The molecular weight excluding hydrogens is 222 g/mol. The molecule has 15 heavy (non-hydrogen) atoms. The molecule has 1 heterocycles. The van der Waals surface area contributed by atoms with E-state index in [-0.39, 0.29) is 6.42 Å². The molecule has 0 spiro atoms. The molecular formula is C8H16NO5S. The van der Waals surface area contributed by atoms with Gasteiger partial charge in [0.2, 0.25) is 0 Å². The fraction of sp³-hybridized carbons (Fsp3) is 1.00. The highest BCUT2D eigenvalue weighted by molar-refractivity contribution is 7.80. The van der Waals surface area contributed by atoms with Gasteiger partial charge in [0.15, 0.2) is 0 Å². The van der Waals surface area contributed by atoms with Crippen molar-refractivity contribution in [3.63, 3.8) is 0 Å². The third-order valence-corrected chi connectivity index (χ3v) is 3.26. The van der Waals surface area contributed by atoms with Crippen LogP contribution >= 0.6 is 0 Å². The lowest BCUT2D eigenvalue weighted by atomic mass is 9.97. The summed E-state index contributed by atoms with van der Waals surface area (Å²) in [6.07, 6.45) is -0.580. The normalized spacial score (nSPS) is 30.7. The van der Waals surface area contributed by atoms with Crippen LogP contribution in [0.5, 0.6) is 0 Å². The third kappa shape index (κ3) is 2.48. The molecule has 1 N–H and O–H groups in total. The fourth-order valence-electron chi connectivity index (χ4n) is 2.00. The first-order valence-electron chi connectivity index (χ1n) is 4.60. The highest BCUT2D eigenvalue weighted by Crippen LogP contribution is 2.41. The summed E-state index contributed by atoms with van der Waals surface area (Å²) >= 11 is 0. The van der Waals surface area contributed by atoms with Gasteiger partial charge in [0.05, 0.1) is 5.54 Å². The van der Waals surface area contributed by atoms with Crippen LogP contribution < -0.4 is 0 Å². The number of nitrogens with zero attached hydrogens (tertiary/aromatic N) is 1. The maximum atomic E-state index is 11.8. The van der Waals surface area contributed by atoms with Crippen LogP contribution in [0.1, 0.15) is 34.1 Å². The summed E-state index contributed by atoms with van der Waals surface area (Å²) in [5.41, 5.74) is -1.67. The molecule has 1 aliphatic rings. The summed E-state index contributed by atoms with van der Waals surface area (Å²) < 4.78 is 34.3. The molecule has 1 atom stereocenters. The number of rotatable bonds is 2. The molecule has 0 aromatic rings. The molecule has 1 unspecified atom stereocenters. The number of hydrogen-bond acceptors (Lipinski definition) is 4. The fourth-order valence-corrected chi connectivity index (χ4v) is 2.59. The smallest absolute Gasteiger partial charge is 0.264 e. The van der Waals surface area contributed by atoms with E-state index in [0.717, 1.165) is 5.06 Å². The second-order valence-electron chi connectivity index (χ2n) is 4.98. The van der Waals surface area contributed by atoms with Gasteiger partial charge in [-0.05, 0) is 34.1 Å². The Morgan fingerprint density at radius 2 is 1.80 bits per heavy atom. The number of hydroxylamine groups is 2. The summed E-state index contributed by atoms with van der Waals surface area (Å²) in [6, 6.07) is 0. The Hall–Kier alpha value is -0.210. The van der Waals surface area contributed by atoms with E-state index in [2.05, 4.69) is 4.18 Å². The van der Waals surface area contributed by atoms with Crippen LogP contribution in [0.4, 0.5) is 0 Å². The Morgan fingerprint density at radius 3 is 2.07 bits per heavy atom. The summed E-state index contributed by atoms with van der Waals surface area (Å²) in [5.74, 6) is 0. The first-order chi connectivity index (χ1) is 6.47. The zero-order chi connectivity index (χ0) is 12.1. The van der Waals surface area contributed by atoms with Crippen LogP contribution in [0.25, 0.3) is 0 Å². The lowest BCUT2D eigenvalue weighted by Gasteiger charge is -2.32. The molecule has 89 valence electrons. The highest BCUT2D eigenvalue weighted by Gasteiger charge is 2.54. The predicted molar refractivity (Wildman–Crippen MR) is 51.7 cm³/mol. The number of hydrogen-bond donors (Lipinski definition) is 1. The molecule has 6 nitrogen and oxygen atoms in total. The van der Waals surface area contributed by atoms with Crippen molar-refractivity contribution in [2.75, 3.05) is 0 Å². The standard InChI is InChI=1S/C8H16NO5S/c1-7(2)5-6(14-15(11,12)13)8(3,4)9(7)10/h6H,5H2,1-4H3,(H,11,12,13). The molecule has 0 saturated carbocycles. The van der Waals surface area contributed by atoms with Gasteiger partial charge in [0, 0.05) is 5.54 Å². The average Bonchev–Trinajstić information content (AvgIpc) is 2.09. The first kappa shape index (κ1) is 12.9. The van der Waals surface area contributed by atoms with Crippen LogP contribution in [0.3, 0.4) is 0 Å². The van der Waals surface area contributed by atoms with E-state index < -0.39 is 27.6 Å². The van der Waals surface area contributed by atoms with Crippen LogP contribution in [-0.2, 0) is 19.8 Å². The van der Waals surface area contributed by atoms with Crippen LogP contribution in [-0.4, -0.2) is 35.2 Å². The lowest BCUT2D eigenvalue weighted by molar-refractivity contribution is -0.250. The Balaban J connectivity index is 2.95. The van der Waals surface area contributed by atoms with Gasteiger partial charge in [-0.25, -0.2) is 4.18 Å². The van der Waals surface area contributed by atoms with Crippen molar-refractivity contribution < 1.29 is 22.4 Å². The molecule has 0 bridgehead atoms. The van der Waals surface area contributed by atoms with E-state index in [9.17, 15) is 13.6 Å². The van der Waals surface area contributed by atoms with Gasteiger partial charge in [0.25, 0.3) is 0 Å². The van der Waals surface area contributed by atoms with E-state index in [1.165, 1.54) is 0 Å². The van der Waals surface area contributed by atoms with Gasteiger partial charge >= 0.3 is 10.4 Å². The van der Waals surface area contributed by atoms with Crippen molar-refractivity contribution in [2.45, 2.75) is 51.3 Å². The van der Waals surface area contributed by atoms with E-state index in [1.54, 1.807) is 27.7 Å². The van der Waals surface area contributed by atoms with Crippen molar-refractivity contribution >= 4 is 10.4 Å². The average molecular weight is 238 g/mol. The van der Waals surface area contributed by atoms with Gasteiger partial charge in [0.1, 0.15) is 6.10 Å². The van der Waals surface area contributed by atoms with Crippen LogP contribution in [0.15, 0.2) is 0 Å². The lowest BCUT2D eigenvalue weighted by Crippen LogP contribution is -2.48. The van der Waals surface area contributed by atoms with Crippen molar-refractivity contribution in [1.82, 2.24) is 5.06 Å². The van der Waals surface area contributed by atoms with Gasteiger partial charge in [-0.3, -0.25) is 4.55 Å². The molecule has 1 saturated heterocycles. The van der Waals surface area contributed by atoms with Crippen molar-refractivity contribution in [2.24, 2.45) is 0 Å². The van der Waals surface area contributed by atoms with Gasteiger partial charge < -0.3 is 0 Å². The zero-order valence-electron chi connectivity index (χ0n) is 9.22. The summed E-state index contributed by atoms with van der Waals surface area (Å²) in [4.78, 5) is 0. The minimum atomic E-state index is -4.52. The van der Waals surface area contributed by atoms with Crippen molar-refractivity contribution in [3.05, 3.63) is 0 Å². The Kier molecular flexibility index (Phi) is 2.91. The van der Waals surface area contributed by atoms with Gasteiger partial charge in [-0.2, -0.15) is 8.42 Å². The molecule has 1 aliphatic heterocycles. The van der Waals surface area contributed by atoms with Crippen molar-refractivity contribution in [1.29, 1.82) is 0 Å². The SMILES string of the molecule is CC1(C)CC(OS(=O)(=O)O)C(C)(C)N1[O]. The summed E-state index contributed by atoms with van der Waals surface area (Å²) in [6.45, 7) is 6.58. The maximum absolute atomic E-state index is 11.8. The van der Waals surface area contributed by atoms with Crippen LogP contribution in [0.2, 0.25) is 0 Å². The minimum absolute atomic E-state index is 0.253. The zero-order valence-corrected chi connectivity index (χ0v) is 10.0. The topological polar surface area (TPSA) is 86.7 Å². The van der Waals surface area contributed by atoms with E-state index in [4.69, 9.17) is 4.55 Å². The Morgan fingerprint density at radius 1 is 1.33 bits per heavy atom. The molecule has 0 aromatic carbocycles.